The molecule has 1 unspecified atom stereocenters. The van der Waals surface area contributed by atoms with Crippen LogP contribution in [0.2, 0.25) is 0 Å². The third-order valence-electron chi connectivity index (χ3n) is 3.27. The van der Waals surface area contributed by atoms with Gasteiger partial charge in [-0.3, -0.25) is 0 Å². The fourth-order valence-electron chi connectivity index (χ4n) is 2.39. The average molecular weight is 304 g/mol. The van der Waals surface area contributed by atoms with Crippen molar-refractivity contribution >= 4 is 12.0 Å². The Bertz CT molecular complexity index is 622. The second kappa shape index (κ2) is 6.51. The number of carbonyl (C=O) groups is 2. The number of nitrogens with one attached hydrogen (secondary N) is 2. The summed E-state index contributed by atoms with van der Waals surface area (Å²) in [6.07, 6.45) is -0.0229. The van der Waals surface area contributed by atoms with E-state index in [0.717, 1.165) is 0 Å². The number of methoxy groups -OCH3 is 1. The Morgan fingerprint density at radius 1 is 1.27 bits per heavy atom. The fraction of sp³-hybridized carbons (Fsp3) is 0.375. The van der Waals surface area contributed by atoms with Gasteiger partial charge in [-0.25, -0.2) is 9.59 Å². The van der Waals surface area contributed by atoms with Gasteiger partial charge in [0.1, 0.15) is 5.75 Å². The molecule has 1 aliphatic rings. The van der Waals surface area contributed by atoms with Crippen LogP contribution in [0.1, 0.15) is 32.4 Å². The van der Waals surface area contributed by atoms with Crippen molar-refractivity contribution in [2.24, 2.45) is 0 Å². The highest BCUT2D eigenvalue weighted by Gasteiger charge is 2.33. The molecule has 1 aliphatic heterocycles. The number of hydrogen-bond acceptors (Lipinski definition) is 4. The first kappa shape index (κ1) is 15.9. The van der Waals surface area contributed by atoms with Crippen molar-refractivity contribution in [1.82, 2.24) is 10.6 Å². The SMILES string of the molecule is COC(=O)C1=C(C)NC(=O)NC1c1ccccc1OC(C)C. The van der Waals surface area contributed by atoms with Crippen molar-refractivity contribution in [1.29, 1.82) is 0 Å². The van der Waals surface area contributed by atoms with Crippen molar-refractivity contribution in [2.75, 3.05) is 7.11 Å². The second-order valence-corrected chi connectivity index (χ2v) is 5.27. The molecule has 2 amide bonds. The summed E-state index contributed by atoms with van der Waals surface area (Å²) in [5.74, 6) is 0.133. The van der Waals surface area contributed by atoms with Crippen molar-refractivity contribution < 1.29 is 19.1 Å². The van der Waals surface area contributed by atoms with E-state index >= 15 is 0 Å². The third-order valence-corrected chi connectivity index (χ3v) is 3.27. The molecule has 0 saturated carbocycles. The monoisotopic (exact) mass is 304 g/mol. The summed E-state index contributed by atoms with van der Waals surface area (Å²) in [7, 11) is 1.31. The van der Waals surface area contributed by atoms with Gasteiger partial charge in [0.25, 0.3) is 0 Å². The zero-order valence-corrected chi connectivity index (χ0v) is 13.1. The smallest absolute Gasteiger partial charge is 0.337 e. The van der Waals surface area contributed by atoms with Crippen LogP contribution in [0.4, 0.5) is 4.79 Å². The molecule has 6 heteroatoms. The highest BCUT2D eigenvalue weighted by molar-refractivity contribution is 5.95. The maximum Gasteiger partial charge on any atom is 0.337 e. The number of urea groups is 1. The van der Waals surface area contributed by atoms with Crippen LogP contribution in [-0.4, -0.2) is 25.2 Å². The van der Waals surface area contributed by atoms with Gasteiger partial charge in [0.05, 0.1) is 24.8 Å². The third kappa shape index (κ3) is 3.21. The molecule has 0 radical (unpaired) electrons. The van der Waals surface area contributed by atoms with Gasteiger partial charge >= 0.3 is 12.0 Å². The summed E-state index contributed by atoms with van der Waals surface area (Å²) >= 11 is 0. The predicted molar refractivity (Wildman–Crippen MR) is 81.3 cm³/mol. The molecule has 0 bridgehead atoms. The Labute approximate surface area is 129 Å². The first-order chi connectivity index (χ1) is 10.4. The number of hydrogen-bond donors (Lipinski definition) is 2. The maximum absolute atomic E-state index is 12.1. The number of rotatable bonds is 4. The summed E-state index contributed by atoms with van der Waals surface area (Å²) < 4.78 is 10.6. The molecule has 0 saturated heterocycles. The van der Waals surface area contributed by atoms with Crippen LogP contribution in [-0.2, 0) is 9.53 Å². The van der Waals surface area contributed by atoms with E-state index in [2.05, 4.69) is 10.6 Å². The molecule has 1 aromatic carbocycles. The number of para-hydroxylation sites is 1. The van der Waals surface area contributed by atoms with E-state index in [4.69, 9.17) is 9.47 Å². The minimum absolute atomic E-state index is 0.0229. The van der Waals surface area contributed by atoms with Gasteiger partial charge in [0.2, 0.25) is 0 Å². The Morgan fingerprint density at radius 2 is 1.95 bits per heavy atom. The lowest BCUT2D eigenvalue weighted by atomic mass is 9.95. The summed E-state index contributed by atoms with van der Waals surface area (Å²) in [6.45, 7) is 5.50. The molecule has 1 atom stereocenters. The van der Waals surface area contributed by atoms with Crippen molar-refractivity contribution in [3.63, 3.8) is 0 Å². The number of ether oxygens (including phenoxy) is 2. The first-order valence-corrected chi connectivity index (χ1v) is 7.06. The average Bonchev–Trinajstić information content (AvgIpc) is 2.45. The highest BCUT2D eigenvalue weighted by Crippen LogP contribution is 2.33. The minimum atomic E-state index is -0.615. The van der Waals surface area contributed by atoms with Gasteiger partial charge in [-0.1, -0.05) is 18.2 Å². The van der Waals surface area contributed by atoms with Crippen molar-refractivity contribution in [3.05, 3.63) is 41.1 Å². The van der Waals surface area contributed by atoms with Gasteiger partial charge in [-0.15, -0.1) is 0 Å². The molecular formula is C16H20N2O4. The van der Waals surface area contributed by atoms with Crippen LogP contribution in [0, 0.1) is 0 Å². The second-order valence-electron chi connectivity index (χ2n) is 5.27. The number of carbonyl (C=O) groups excluding carboxylic acids is 2. The molecule has 22 heavy (non-hydrogen) atoms. The first-order valence-electron chi connectivity index (χ1n) is 7.06. The molecule has 0 spiro atoms. The lowest BCUT2D eigenvalue weighted by Crippen LogP contribution is -2.45. The van der Waals surface area contributed by atoms with Crippen LogP contribution in [0.25, 0.3) is 0 Å². The van der Waals surface area contributed by atoms with Crippen LogP contribution in [0.3, 0.4) is 0 Å². The topological polar surface area (TPSA) is 76.7 Å². The maximum atomic E-state index is 12.1. The van der Waals surface area contributed by atoms with Crippen LogP contribution < -0.4 is 15.4 Å². The van der Waals surface area contributed by atoms with Crippen LogP contribution in [0.5, 0.6) is 5.75 Å². The Hall–Kier alpha value is -2.50. The molecule has 1 aromatic rings. The van der Waals surface area contributed by atoms with Gasteiger partial charge in [-0.05, 0) is 26.8 Å². The summed E-state index contributed by atoms with van der Waals surface area (Å²) in [6, 6.07) is 6.34. The van der Waals surface area contributed by atoms with Gasteiger partial charge in [0, 0.05) is 11.3 Å². The highest BCUT2D eigenvalue weighted by atomic mass is 16.5. The lowest BCUT2D eigenvalue weighted by Gasteiger charge is -2.29. The Morgan fingerprint density at radius 3 is 2.59 bits per heavy atom. The largest absolute Gasteiger partial charge is 0.491 e. The lowest BCUT2D eigenvalue weighted by molar-refractivity contribution is -0.136. The van der Waals surface area contributed by atoms with E-state index in [1.807, 2.05) is 38.1 Å². The summed E-state index contributed by atoms with van der Waals surface area (Å²) in [4.78, 5) is 23.9. The Balaban J connectivity index is 2.51. The number of amides is 2. The minimum Gasteiger partial charge on any atom is -0.491 e. The van der Waals surface area contributed by atoms with E-state index in [1.54, 1.807) is 6.92 Å². The number of benzene rings is 1. The van der Waals surface area contributed by atoms with Gasteiger partial charge in [-0.2, -0.15) is 0 Å². The molecule has 2 N–H and O–H groups in total. The predicted octanol–water partition coefficient (Wildman–Crippen LogP) is 2.27. The zero-order valence-electron chi connectivity index (χ0n) is 13.1. The quantitative estimate of drug-likeness (QED) is 0.837. The van der Waals surface area contributed by atoms with E-state index in [-0.39, 0.29) is 12.1 Å². The molecular weight excluding hydrogens is 284 g/mol. The molecule has 6 nitrogen and oxygen atoms in total. The standard InChI is InChI=1S/C16H20N2O4/c1-9(2)22-12-8-6-5-7-11(12)14-13(15(19)21-4)10(3)17-16(20)18-14/h5-9,14H,1-4H3,(H2,17,18,20). The number of allylic oxidation sites excluding steroid dienone is 1. The zero-order chi connectivity index (χ0) is 16.3. The Kier molecular flexibility index (Phi) is 4.70. The molecule has 2 rings (SSSR count). The molecule has 0 aromatic heterocycles. The van der Waals surface area contributed by atoms with E-state index in [1.165, 1.54) is 7.11 Å². The summed E-state index contributed by atoms with van der Waals surface area (Å²) in [5, 5.41) is 5.35. The normalized spacial score (nSPS) is 17.9. The van der Waals surface area contributed by atoms with E-state index in [9.17, 15) is 9.59 Å². The van der Waals surface area contributed by atoms with E-state index < -0.39 is 12.0 Å². The van der Waals surface area contributed by atoms with E-state index in [0.29, 0.717) is 22.6 Å². The molecule has 0 fully saturated rings. The number of esters is 1. The summed E-state index contributed by atoms with van der Waals surface area (Å²) in [5.41, 5.74) is 1.55. The van der Waals surface area contributed by atoms with Crippen LogP contribution >= 0.6 is 0 Å². The van der Waals surface area contributed by atoms with Crippen molar-refractivity contribution in [2.45, 2.75) is 32.9 Å². The molecule has 0 aliphatic carbocycles. The molecule has 118 valence electrons. The van der Waals surface area contributed by atoms with Gasteiger partial charge in [0.15, 0.2) is 0 Å². The van der Waals surface area contributed by atoms with Crippen LogP contribution in [0.15, 0.2) is 35.5 Å². The van der Waals surface area contributed by atoms with Crippen molar-refractivity contribution in [3.8, 4) is 5.75 Å². The molecule has 1 heterocycles. The van der Waals surface area contributed by atoms with Gasteiger partial charge < -0.3 is 20.1 Å². The fourth-order valence-corrected chi connectivity index (χ4v) is 2.39.